The standard InChI is InChI=1S/C19H19NO5S/c1-11-7-8-14(18-12(2)20-25-13(18)3)9-17(11)26(23,24)10-15-5-4-6-16(21)19(15)22/h4-9,21-22H,10H2,1-3H3. The average molecular weight is 373 g/mol. The highest BCUT2D eigenvalue weighted by Gasteiger charge is 2.22. The Bertz CT molecular complexity index is 1060. The van der Waals surface area contributed by atoms with Crippen LogP contribution in [-0.2, 0) is 15.6 Å². The topological polar surface area (TPSA) is 101 Å². The number of para-hydroxylation sites is 1. The van der Waals surface area contributed by atoms with Gasteiger partial charge in [0.05, 0.1) is 16.3 Å². The number of nitrogens with zero attached hydrogens (tertiary/aromatic N) is 1. The zero-order valence-corrected chi connectivity index (χ0v) is 15.5. The van der Waals surface area contributed by atoms with Gasteiger partial charge in [0.25, 0.3) is 0 Å². The summed E-state index contributed by atoms with van der Waals surface area (Å²) in [5, 5.41) is 23.4. The summed E-state index contributed by atoms with van der Waals surface area (Å²) in [5.41, 5.74) is 2.89. The molecule has 26 heavy (non-hydrogen) atoms. The Balaban J connectivity index is 2.08. The Kier molecular flexibility index (Phi) is 4.50. The van der Waals surface area contributed by atoms with Gasteiger partial charge in [0.1, 0.15) is 5.76 Å². The van der Waals surface area contributed by atoms with E-state index in [1.165, 1.54) is 18.2 Å². The minimum Gasteiger partial charge on any atom is -0.504 e. The molecule has 2 aromatic carbocycles. The van der Waals surface area contributed by atoms with Gasteiger partial charge in [-0.2, -0.15) is 0 Å². The van der Waals surface area contributed by atoms with Crippen molar-refractivity contribution in [3.8, 4) is 22.6 Å². The van der Waals surface area contributed by atoms with E-state index in [-0.39, 0.29) is 16.2 Å². The number of aryl methyl sites for hydroxylation is 3. The van der Waals surface area contributed by atoms with Crippen molar-refractivity contribution in [3.05, 3.63) is 59.0 Å². The predicted octanol–water partition coefficient (Wildman–Crippen LogP) is 3.65. The van der Waals surface area contributed by atoms with Crippen molar-refractivity contribution >= 4 is 9.84 Å². The number of aromatic hydroxyl groups is 2. The van der Waals surface area contributed by atoms with Crippen LogP contribution in [-0.4, -0.2) is 23.8 Å². The van der Waals surface area contributed by atoms with Crippen molar-refractivity contribution in [3.63, 3.8) is 0 Å². The van der Waals surface area contributed by atoms with Crippen molar-refractivity contribution in [2.45, 2.75) is 31.4 Å². The van der Waals surface area contributed by atoms with E-state index >= 15 is 0 Å². The Morgan fingerprint density at radius 2 is 1.81 bits per heavy atom. The molecular formula is C19H19NO5S. The average Bonchev–Trinajstić information content (AvgIpc) is 2.91. The van der Waals surface area contributed by atoms with E-state index in [1.54, 1.807) is 32.9 Å². The van der Waals surface area contributed by atoms with E-state index in [2.05, 4.69) is 5.16 Å². The molecular weight excluding hydrogens is 354 g/mol. The third-order valence-electron chi connectivity index (χ3n) is 4.29. The van der Waals surface area contributed by atoms with Crippen molar-refractivity contribution in [1.82, 2.24) is 5.16 Å². The number of phenols is 2. The number of aromatic nitrogens is 1. The van der Waals surface area contributed by atoms with Crippen molar-refractivity contribution in [2.75, 3.05) is 0 Å². The lowest BCUT2D eigenvalue weighted by molar-refractivity contribution is 0.393. The van der Waals surface area contributed by atoms with E-state index < -0.39 is 21.3 Å². The quantitative estimate of drug-likeness (QED) is 0.677. The fourth-order valence-electron chi connectivity index (χ4n) is 2.96. The van der Waals surface area contributed by atoms with E-state index in [4.69, 9.17) is 4.52 Å². The van der Waals surface area contributed by atoms with Crippen LogP contribution in [0.5, 0.6) is 11.5 Å². The number of phenolic OH excluding ortho intramolecular Hbond substituents is 2. The highest BCUT2D eigenvalue weighted by atomic mass is 32.2. The molecule has 136 valence electrons. The number of rotatable bonds is 4. The molecule has 0 aliphatic heterocycles. The largest absolute Gasteiger partial charge is 0.504 e. The van der Waals surface area contributed by atoms with Gasteiger partial charge in [-0.3, -0.25) is 0 Å². The lowest BCUT2D eigenvalue weighted by atomic mass is 10.0. The van der Waals surface area contributed by atoms with Crippen molar-refractivity contribution in [1.29, 1.82) is 0 Å². The minimum atomic E-state index is -3.74. The first-order valence-electron chi connectivity index (χ1n) is 7.97. The van der Waals surface area contributed by atoms with E-state index in [9.17, 15) is 18.6 Å². The molecule has 0 aliphatic carbocycles. The Hall–Kier alpha value is -2.80. The van der Waals surface area contributed by atoms with Gasteiger partial charge in [0.15, 0.2) is 21.3 Å². The Morgan fingerprint density at radius 3 is 2.46 bits per heavy atom. The molecule has 0 unspecified atom stereocenters. The highest BCUT2D eigenvalue weighted by Crippen LogP contribution is 2.34. The van der Waals surface area contributed by atoms with Crippen LogP contribution in [0.4, 0.5) is 0 Å². The van der Waals surface area contributed by atoms with E-state index in [0.29, 0.717) is 22.6 Å². The molecule has 0 radical (unpaired) electrons. The molecule has 0 aliphatic rings. The highest BCUT2D eigenvalue weighted by molar-refractivity contribution is 7.90. The molecule has 0 fully saturated rings. The lowest BCUT2D eigenvalue weighted by Crippen LogP contribution is -2.07. The van der Waals surface area contributed by atoms with Crippen LogP contribution in [0.2, 0.25) is 0 Å². The van der Waals surface area contributed by atoms with Crippen LogP contribution in [0.1, 0.15) is 22.6 Å². The molecule has 0 spiro atoms. The zero-order chi connectivity index (χ0) is 19.1. The van der Waals surface area contributed by atoms with Gasteiger partial charge in [-0.25, -0.2) is 8.42 Å². The molecule has 0 saturated carbocycles. The molecule has 3 aromatic rings. The monoisotopic (exact) mass is 373 g/mol. The van der Waals surface area contributed by atoms with Gasteiger partial charge in [-0.1, -0.05) is 29.4 Å². The summed E-state index contributed by atoms with van der Waals surface area (Å²) in [5.74, 6) is -0.575. The van der Waals surface area contributed by atoms with E-state index in [1.807, 2.05) is 6.07 Å². The fraction of sp³-hybridized carbons (Fsp3) is 0.211. The maximum absolute atomic E-state index is 12.9. The molecule has 0 atom stereocenters. The maximum Gasteiger partial charge on any atom is 0.182 e. The first kappa shape index (κ1) is 18.0. The Morgan fingerprint density at radius 1 is 1.08 bits per heavy atom. The molecule has 3 rings (SSSR count). The van der Waals surface area contributed by atoms with Gasteiger partial charge in [-0.15, -0.1) is 0 Å². The van der Waals surface area contributed by atoms with E-state index in [0.717, 1.165) is 5.56 Å². The second kappa shape index (κ2) is 6.49. The Labute approximate surface area is 151 Å². The van der Waals surface area contributed by atoms with Crippen LogP contribution < -0.4 is 0 Å². The SMILES string of the molecule is Cc1ccc(-c2c(C)noc2C)cc1S(=O)(=O)Cc1cccc(O)c1O. The molecule has 1 heterocycles. The van der Waals surface area contributed by atoms with Gasteiger partial charge in [0, 0.05) is 11.1 Å². The molecule has 0 amide bonds. The second-order valence-electron chi connectivity index (χ2n) is 6.22. The summed E-state index contributed by atoms with van der Waals surface area (Å²) in [6.07, 6.45) is 0. The van der Waals surface area contributed by atoms with Gasteiger partial charge in [-0.05, 0) is 44.0 Å². The fourth-order valence-corrected chi connectivity index (χ4v) is 4.63. The van der Waals surface area contributed by atoms with Crippen LogP contribution in [0.3, 0.4) is 0 Å². The van der Waals surface area contributed by atoms with Crippen LogP contribution in [0.25, 0.3) is 11.1 Å². The smallest absolute Gasteiger partial charge is 0.182 e. The van der Waals surface area contributed by atoms with Gasteiger partial charge >= 0.3 is 0 Å². The lowest BCUT2D eigenvalue weighted by Gasteiger charge is -2.11. The third kappa shape index (κ3) is 3.17. The zero-order valence-electron chi connectivity index (χ0n) is 14.6. The van der Waals surface area contributed by atoms with Crippen LogP contribution in [0, 0.1) is 20.8 Å². The van der Waals surface area contributed by atoms with Crippen LogP contribution in [0.15, 0.2) is 45.8 Å². The summed E-state index contributed by atoms with van der Waals surface area (Å²) in [6.45, 7) is 5.28. The van der Waals surface area contributed by atoms with Gasteiger partial charge in [0.2, 0.25) is 0 Å². The predicted molar refractivity (Wildman–Crippen MR) is 96.8 cm³/mol. The molecule has 6 nitrogen and oxygen atoms in total. The third-order valence-corrected chi connectivity index (χ3v) is 6.09. The van der Waals surface area contributed by atoms with Crippen molar-refractivity contribution < 1.29 is 23.2 Å². The molecule has 2 N–H and O–H groups in total. The minimum absolute atomic E-state index is 0.146. The maximum atomic E-state index is 12.9. The summed E-state index contributed by atoms with van der Waals surface area (Å²) in [7, 11) is -3.74. The second-order valence-corrected chi connectivity index (χ2v) is 8.18. The summed E-state index contributed by atoms with van der Waals surface area (Å²) >= 11 is 0. The number of benzene rings is 2. The molecule has 0 saturated heterocycles. The van der Waals surface area contributed by atoms with Crippen LogP contribution >= 0.6 is 0 Å². The first-order valence-corrected chi connectivity index (χ1v) is 9.62. The summed E-state index contributed by atoms with van der Waals surface area (Å²) < 4.78 is 31.1. The molecule has 0 bridgehead atoms. The molecule has 7 heteroatoms. The number of hydrogen-bond donors (Lipinski definition) is 2. The first-order chi connectivity index (χ1) is 12.2. The molecule has 1 aromatic heterocycles. The number of hydrogen-bond acceptors (Lipinski definition) is 6. The number of sulfone groups is 1. The summed E-state index contributed by atoms with van der Waals surface area (Å²) in [4.78, 5) is 0.165. The van der Waals surface area contributed by atoms with Crippen molar-refractivity contribution in [2.24, 2.45) is 0 Å². The summed E-state index contributed by atoms with van der Waals surface area (Å²) in [6, 6.07) is 9.42. The normalized spacial score (nSPS) is 11.7. The van der Waals surface area contributed by atoms with Gasteiger partial charge < -0.3 is 14.7 Å².